The summed E-state index contributed by atoms with van der Waals surface area (Å²) >= 11 is 5.85. The Bertz CT molecular complexity index is 612. The average molecular weight is 306 g/mol. The molecule has 0 radical (unpaired) electrons. The Kier molecular flexibility index (Phi) is 4.90. The van der Waals surface area contributed by atoms with Crippen molar-refractivity contribution >= 4 is 33.3 Å². The fourth-order valence-electron chi connectivity index (χ4n) is 1.37. The number of sulfone groups is 1. The van der Waals surface area contributed by atoms with E-state index in [2.05, 4.69) is 0 Å². The molecule has 0 unspecified atom stereocenters. The molecule has 0 spiro atoms. The SMILES string of the molecule is NC(=O)c1ccc(CS(=O)(=O)CCC(=O)O)c(Cl)c1. The van der Waals surface area contributed by atoms with Gasteiger partial charge in [-0.15, -0.1) is 0 Å². The summed E-state index contributed by atoms with van der Waals surface area (Å²) in [6.07, 6.45) is -0.459. The number of halogens is 1. The van der Waals surface area contributed by atoms with Crippen LogP contribution < -0.4 is 5.73 Å². The summed E-state index contributed by atoms with van der Waals surface area (Å²) in [5, 5.41) is 8.56. The number of carboxylic acid groups (broad SMARTS) is 1. The van der Waals surface area contributed by atoms with Crippen LogP contribution in [0.3, 0.4) is 0 Å². The van der Waals surface area contributed by atoms with E-state index >= 15 is 0 Å². The van der Waals surface area contributed by atoms with Gasteiger partial charge < -0.3 is 10.8 Å². The Morgan fingerprint density at radius 3 is 2.42 bits per heavy atom. The van der Waals surface area contributed by atoms with Gasteiger partial charge in [-0.2, -0.15) is 0 Å². The van der Waals surface area contributed by atoms with E-state index in [9.17, 15) is 18.0 Å². The molecule has 0 aromatic heterocycles. The second-order valence-electron chi connectivity index (χ2n) is 3.91. The van der Waals surface area contributed by atoms with E-state index in [1.54, 1.807) is 0 Å². The first kappa shape index (κ1) is 15.5. The highest BCUT2D eigenvalue weighted by Crippen LogP contribution is 2.20. The lowest BCUT2D eigenvalue weighted by molar-refractivity contribution is -0.136. The summed E-state index contributed by atoms with van der Waals surface area (Å²) in [6.45, 7) is 0. The number of hydrogen-bond acceptors (Lipinski definition) is 4. The Morgan fingerprint density at radius 1 is 1.32 bits per heavy atom. The molecule has 104 valence electrons. The summed E-state index contributed by atoms with van der Waals surface area (Å²) < 4.78 is 23.3. The molecule has 3 N–H and O–H groups in total. The fourth-order valence-corrected chi connectivity index (χ4v) is 3.05. The molecule has 1 aromatic carbocycles. The van der Waals surface area contributed by atoms with Gasteiger partial charge in [0.2, 0.25) is 5.91 Å². The van der Waals surface area contributed by atoms with Crippen LogP contribution in [0.1, 0.15) is 22.3 Å². The van der Waals surface area contributed by atoms with E-state index in [0.717, 1.165) is 0 Å². The number of primary amides is 1. The van der Waals surface area contributed by atoms with E-state index in [0.29, 0.717) is 5.56 Å². The first-order valence-electron chi connectivity index (χ1n) is 5.22. The smallest absolute Gasteiger partial charge is 0.304 e. The van der Waals surface area contributed by atoms with Crippen molar-refractivity contribution in [2.45, 2.75) is 12.2 Å². The van der Waals surface area contributed by atoms with Crippen LogP contribution >= 0.6 is 11.6 Å². The van der Waals surface area contributed by atoms with Crippen molar-refractivity contribution < 1.29 is 23.1 Å². The van der Waals surface area contributed by atoms with Crippen molar-refractivity contribution in [3.63, 3.8) is 0 Å². The normalized spacial score (nSPS) is 11.2. The largest absolute Gasteiger partial charge is 0.481 e. The number of rotatable bonds is 6. The minimum atomic E-state index is -3.57. The highest BCUT2D eigenvalue weighted by atomic mass is 35.5. The Labute approximate surface area is 115 Å². The number of aliphatic carboxylic acids is 1. The molecule has 0 aliphatic heterocycles. The zero-order valence-corrected chi connectivity index (χ0v) is 11.4. The second kappa shape index (κ2) is 6.03. The number of carboxylic acids is 1. The van der Waals surface area contributed by atoms with Gasteiger partial charge in [-0.05, 0) is 17.7 Å². The Hall–Kier alpha value is -1.60. The average Bonchev–Trinajstić information content (AvgIpc) is 2.29. The highest BCUT2D eigenvalue weighted by molar-refractivity contribution is 7.90. The summed E-state index contributed by atoms with van der Waals surface area (Å²) in [4.78, 5) is 21.3. The maximum absolute atomic E-state index is 11.7. The van der Waals surface area contributed by atoms with Gasteiger partial charge in [0, 0.05) is 10.6 Å². The number of amides is 1. The van der Waals surface area contributed by atoms with Crippen LogP contribution in [0, 0.1) is 0 Å². The van der Waals surface area contributed by atoms with Gasteiger partial charge in [0.25, 0.3) is 0 Å². The lowest BCUT2D eigenvalue weighted by Gasteiger charge is -2.06. The summed E-state index contributed by atoms with van der Waals surface area (Å²) in [5.74, 6) is -2.69. The number of carbonyl (C=O) groups excluding carboxylic acids is 1. The minimum Gasteiger partial charge on any atom is -0.481 e. The van der Waals surface area contributed by atoms with Crippen LogP contribution in [0.2, 0.25) is 5.02 Å². The van der Waals surface area contributed by atoms with Gasteiger partial charge >= 0.3 is 5.97 Å². The van der Waals surface area contributed by atoms with E-state index in [-0.39, 0.29) is 16.3 Å². The molecule has 8 heteroatoms. The third-order valence-corrected chi connectivity index (χ3v) is 4.27. The first-order valence-corrected chi connectivity index (χ1v) is 7.41. The highest BCUT2D eigenvalue weighted by Gasteiger charge is 2.16. The van der Waals surface area contributed by atoms with Crippen molar-refractivity contribution in [2.75, 3.05) is 5.75 Å². The summed E-state index contributed by atoms with van der Waals surface area (Å²) in [7, 11) is -3.57. The summed E-state index contributed by atoms with van der Waals surface area (Å²) in [6, 6.07) is 4.04. The van der Waals surface area contributed by atoms with Crippen molar-refractivity contribution in [1.82, 2.24) is 0 Å². The molecular weight excluding hydrogens is 294 g/mol. The molecule has 0 saturated heterocycles. The summed E-state index contributed by atoms with van der Waals surface area (Å²) in [5.41, 5.74) is 5.54. The van der Waals surface area contributed by atoms with Crippen LogP contribution in [0.25, 0.3) is 0 Å². The van der Waals surface area contributed by atoms with Crippen molar-refractivity contribution in [3.8, 4) is 0 Å². The van der Waals surface area contributed by atoms with Crippen LogP contribution in [-0.4, -0.2) is 31.2 Å². The topological polar surface area (TPSA) is 115 Å². The molecule has 1 amide bonds. The number of hydrogen-bond donors (Lipinski definition) is 2. The zero-order valence-electron chi connectivity index (χ0n) is 9.80. The van der Waals surface area contributed by atoms with Gasteiger partial charge in [0.15, 0.2) is 9.84 Å². The monoisotopic (exact) mass is 305 g/mol. The lowest BCUT2D eigenvalue weighted by Crippen LogP contribution is -2.14. The molecule has 6 nitrogen and oxygen atoms in total. The van der Waals surface area contributed by atoms with Crippen LogP contribution in [0.4, 0.5) is 0 Å². The molecular formula is C11H12ClNO5S. The molecule has 0 heterocycles. The van der Waals surface area contributed by atoms with Crippen molar-refractivity contribution in [1.29, 1.82) is 0 Å². The molecule has 0 atom stereocenters. The number of nitrogens with two attached hydrogens (primary N) is 1. The first-order chi connectivity index (χ1) is 8.71. The maximum Gasteiger partial charge on any atom is 0.304 e. The van der Waals surface area contributed by atoms with E-state index in [4.69, 9.17) is 22.4 Å². The molecule has 0 aliphatic carbocycles. The molecule has 1 rings (SSSR count). The van der Waals surface area contributed by atoms with Gasteiger partial charge in [0.05, 0.1) is 17.9 Å². The molecule has 0 saturated carbocycles. The van der Waals surface area contributed by atoms with Crippen LogP contribution in [-0.2, 0) is 20.4 Å². The van der Waals surface area contributed by atoms with Gasteiger partial charge in [-0.1, -0.05) is 17.7 Å². The minimum absolute atomic E-state index is 0.107. The third kappa shape index (κ3) is 4.88. The predicted octanol–water partition coefficient (Wildman–Crippen LogP) is 0.828. The van der Waals surface area contributed by atoms with Crippen LogP contribution in [0.15, 0.2) is 18.2 Å². The number of benzene rings is 1. The van der Waals surface area contributed by atoms with Crippen molar-refractivity contribution in [3.05, 3.63) is 34.3 Å². The van der Waals surface area contributed by atoms with E-state index in [1.165, 1.54) is 18.2 Å². The van der Waals surface area contributed by atoms with E-state index in [1.807, 2.05) is 0 Å². The maximum atomic E-state index is 11.7. The molecule has 0 fully saturated rings. The van der Waals surface area contributed by atoms with Crippen molar-refractivity contribution in [2.24, 2.45) is 5.73 Å². The van der Waals surface area contributed by atoms with Crippen LogP contribution in [0.5, 0.6) is 0 Å². The predicted molar refractivity (Wildman–Crippen MR) is 69.7 cm³/mol. The third-order valence-electron chi connectivity index (χ3n) is 2.34. The zero-order chi connectivity index (χ0) is 14.6. The number of carbonyl (C=O) groups is 2. The standard InChI is InChI=1S/C11H12ClNO5S/c12-9-5-7(11(13)16)1-2-8(9)6-19(17,18)4-3-10(14)15/h1-2,5H,3-4,6H2,(H2,13,16)(H,14,15). The van der Waals surface area contributed by atoms with E-state index < -0.39 is 33.9 Å². The Balaban J connectivity index is 2.88. The second-order valence-corrected chi connectivity index (χ2v) is 6.50. The van der Waals surface area contributed by atoms with Gasteiger partial charge in [-0.25, -0.2) is 8.42 Å². The molecule has 0 bridgehead atoms. The Morgan fingerprint density at radius 2 is 1.95 bits per heavy atom. The molecule has 0 aliphatic rings. The fraction of sp³-hybridized carbons (Fsp3) is 0.273. The quantitative estimate of drug-likeness (QED) is 0.807. The van der Waals surface area contributed by atoms with Gasteiger partial charge in [-0.3, -0.25) is 9.59 Å². The lowest BCUT2D eigenvalue weighted by atomic mass is 10.1. The molecule has 1 aromatic rings. The van der Waals surface area contributed by atoms with Gasteiger partial charge in [0.1, 0.15) is 0 Å². The molecule has 19 heavy (non-hydrogen) atoms.